The topological polar surface area (TPSA) is 35.6 Å². The van der Waals surface area contributed by atoms with Gasteiger partial charge in [-0.2, -0.15) is 0 Å². The van der Waals surface area contributed by atoms with Crippen LogP contribution < -0.4 is 5.32 Å². The van der Waals surface area contributed by atoms with E-state index in [-0.39, 0.29) is 5.91 Å². The highest BCUT2D eigenvalue weighted by atomic mass is 16.2. The molecule has 1 aliphatic rings. The summed E-state index contributed by atoms with van der Waals surface area (Å²) in [4.78, 5) is 16.0. The first-order valence-electron chi connectivity index (χ1n) is 5.72. The van der Waals surface area contributed by atoms with Gasteiger partial charge in [0, 0.05) is 31.7 Å². The van der Waals surface area contributed by atoms with Gasteiger partial charge in [-0.1, -0.05) is 0 Å². The van der Waals surface area contributed by atoms with Crippen LogP contribution in [0.15, 0.2) is 0 Å². The quantitative estimate of drug-likeness (QED) is 0.725. The zero-order valence-corrected chi connectivity index (χ0v) is 10.3. The Hall–Kier alpha value is -0.610. The number of nitrogens with one attached hydrogen (secondary N) is 1. The van der Waals surface area contributed by atoms with Gasteiger partial charge >= 0.3 is 0 Å². The van der Waals surface area contributed by atoms with Gasteiger partial charge in [0.1, 0.15) is 0 Å². The molecule has 1 rings (SSSR count). The van der Waals surface area contributed by atoms with E-state index < -0.39 is 0 Å². The Bertz CT molecular complexity index is 218. The molecule has 0 aromatic rings. The lowest BCUT2D eigenvalue weighted by atomic mass is 10.2. The summed E-state index contributed by atoms with van der Waals surface area (Å²) in [6.45, 7) is 9.45. The largest absolute Gasteiger partial charge is 0.339 e. The highest BCUT2D eigenvalue weighted by Gasteiger charge is 2.21. The van der Waals surface area contributed by atoms with Gasteiger partial charge in [-0.05, 0) is 27.8 Å². The van der Waals surface area contributed by atoms with E-state index >= 15 is 0 Å². The highest BCUT2D eigenvalue weighted by molar-refractivity contribution is 5.78. The van der Waals surface area contributed by atoms with Crippen molar-refractivity contribution in [2.24, 2.45) is 0 Å². The predicted molar refractivity (Wildman–Crippen MR) is 61.8 cm³/mol. The molecule has 88 valence electrons. The van der Waals surface area contributed by atoms with Crippen LogP contribution in [0.4, 0.5) is 0 Å². The SMILES string of the molecule is CC1CN(C(=O)CN(C)C(C)C)CCN1. The van der Waals surface area contributed by atoms with E-state index in [2.05, 4.69) is 31.0 Å². The molecule has 1 fully saturated rings. The van der Waals surface area contributed by atoms with Crippen LogP contribution in [-0.2, 0) is 4.79 Å². The van der Waals surface area contributed by atoms with Crippen molar-refractivity contribution in [2.45, 2.75) is 32.9 Å². The maximum atomic E-state index is 11.9. The third-order valence-corrected chi connectivity index (χ3v) is 2.99. The van der Waals surface area contributed by atoms with Crippen LogP contribution in [0.25, 0.3) is 0 Å². The van der Waals surface area contributed by atoms with Crippen molar-refractivity contribution in [3.8, 4) is 0 Å². The molecule has 0 spiro atoms. The van der Waals surface area contributed by atoms with Crippen molar-refractivity contribution in [2.75, 3.05) is 33.2 Å². The Morgan fingerprint density at radius 3 is 2.80 bits per heavy atom. The van der Waals surface area contributed by atoms with E-state index in [0.717, 1.165) is 19.6 Å². The van der Waals surface area contributed by atoms with Gasteiger partial charge in [0.2, 0.25) is 5.91 Å². The summed E-state index contributed by atoms with van der Waals surface area (Å²) in [6.07, 6.45) is 0. The summed E-state index contributed by atoms with van der Waals surface area (Å²) in [5, 5.41) is 3.34. The Morgan fingerprint density at radius 1 is 1.60 bits per heavy atom. The fourth-order valence-corrected chi connectivity index (χ4v) is 1.65. The van der Waals surface area contributed by atoms with E-state index in [1.165, 1.54) is 0 Å². The minimum Gasteiger partial charge on any atom is -0.339 e. The van der Waals surface area contributed by atoms with Gasteiger partial charge < -0.3 is 10.2 Å². The summed E-state index contributed by atoms with van der Waals surface area (Å²) in [5.41, 5.74) is 0. The molecule has 1 N–H and O–H groups in total. The molecule has 0 saturated carbocycles. The van der Waals surface area contributed by atoms with Crippen molar-refractivity contribution in [3.63, 3.8) is 0 Å². The molecule has 0 aromatic carbocycles. The number of nitrogens with zero attached hydrogens (tertiary/aromatic N) is 2. The minimum absolute atomic E-state index is 0.250. The number of amides is 1. The summed E-state index contributed by atoms with van der Waals surface area (Å²) >= 11 is 0. The molecule has 0 aliphatic carbocycles. The molecule has 1 unspecified atom stereocenters. The smallest absolute Gasteiger partial charge is 0.236 e. The van der Waals surface area contributed by atoms with Gasteiger partial charge in [0.05, 0.1) is 6.54 Å². The van der Waals surface area contributed by atoms with Crippen LogP contribution in [0.1, 0.15) is 20.8 Å². The van der Waals surface area contributed by atoms with Crippen molar-refractivity contribution < 1.29 is 4.79 Å². The second kappa shape index (κ2) is 5.47. The van der Waals surface area contributed by atoms with Crippen LogP contribution >= 0.6 is 0 Å². The molecule has 0 bridgehead atoms. The third kappa shape index (κ3) is 3.80. The lowest BCUT2D eigenvalue weighted by Crippen LogP contribution is -2.53. The number of likely N-dealkylation sites (N-methyl/N-ethyl adjacent to an activating group) is 1. The average molecular weight is 213 g/mol. The van der Waals surface area contributed by atoms with Gasteiger partial charge in [-0.25, -0.2) is 0 Å². The summed E-state index contributed by atoms with van der Waals surface area (Å²) in [6, 6.07) is 0.848. The van der Waals surface area contributed by atoms with Crippen LogP contribution in [0.2, 0.25) is 0 Å². The Labute approximate surface area is 92.6 Å². The molecule has 4 nitrogen and oxygen atoms in total. The molecular weight excluding hydrogens is 190 g/mol. The fourth-order valence-electron chi connectivity index (χ4n) is 1.65. The van der Waals surface area contributed by atoms with E-state index in [9.17, 15) is 4.79 Å². The van der Waals surface area contributed by atoms with Crippen molar-refractivity contribution >= 4 is 5.91 Å². The number of carbonyl (C=O) groups is 1. The Balaban J connectivity index is 2.39. The van der Waals surface area contributed by atoms with Crippen LogP contribution in [0.3, 0.4) is 0 Å². The molecule has 0 radical (unpaired) electrons. The zero-order valence-electron chi connectivity index (χ0n) is 10.3. The molecule has 0 aromatic heterocycles. The number of carbonyl (C=O) groups excluding carboxylic acids is 1. The lowest BCUT2D eigenvalue weighted by molar-refractivity contribution is -0.133. The summed E-state index contributed by atoms with van der Waals surface area (Å²) in [7, 11) is 1.99. The first kappa shape index (κ1) is 12.5. The normalized spacial score (nSPS) is 22.5. The van der Waals surface area contributed by atoms with Gasteiger partial charge in [0.25, 0.3) is 0 Å². The first-order valence-corrected chi connectivity index (χ1v) is 5.72. The van der Waals surface area contributed by atoms with Crippen molar-refractivity contribution in [1.82, 2.24) is 15.1 Å². The molecule has 1 amide bonds. The van der Waals surface area contributed by atoms with E-state index in [0.29, 0.717) is 18.6 Å². The Morgan fingerprint density at radius 2 is 2.27 bits per heavy atom. The second-order valence-corrected chi connectivity index (χ2v) is 4.70. The van der Waals surface area contributed by atoms with Crippen LogP contribution in [0, 0.1) is 0 Å². The number of hydrogen-bond donors (Lipinski definition) is 1. The predicted octanol–water partition coefficient (Wildman–Crippen LogP) is 0.147. The summed E-state index contributed by atoms with van der Waals surface area (Å²) < 4.78 is 0. The molecule has 15 heavy (non-hydrogen) atoms. The Kier molecular flexibility index (Phi) is 4.54. The average Bonchev–Trinajstić information content (AvgIpc) is 2.17. The van der Waals surface area contributed by atoms with Crippen molar-refractivity contribution in [1.29, 1.82) is 0 Å². The van der Waals surface area contributed by atoms with Gasteiger partial charge in [-0.3, -0.25) is 9.69 Å². The second-order valence-electron chi connectivity index (χ2n) is 4.70. The van der Waals surface area contributed by atoms with Gasteiger partial charge in [-0.15, -0.1) is 0 Å². The molecule has 1 atom stereocenters. The van der Waals surface area contributed by atoms with Gasteiger partial charge in [0.15, 0.2) is 0 Å². The molecule has 4 heteroatoms. The van der Waals surface area contributed by atoms with E-state index in [1.807, 2.05) is 11.9 Å². The summed E-state index contributed by atoms with van der Waals surface area (Å²) in [5.74, 6) is 0.250. The van der Waals surface area contributed by atoms with Crippen LogP contribution in [0.5, 0.6) is 0 Å². The molecule has 1 aliphatic heterocycles. The maximum absolute atomic E-state index is 11.9. The maximum Gasteiger partial charge on any atom is 0.236 e. The van der Waals surface area contributed by atoms with Crippen molar-refractivity contribution in [3.05, 3.63) is 0 Å². The number of rotatable bonds is 3. The molecule has 1 saturated heterocycles. The minimum atomic E-state index is 0.250. The molecular formula is C11H23N3O. The highest BCUT2D eigenvalue weighted by Crippen LogP contribution is 2.01. The monoisotopic (exact) mass is 213 g/mol. The standard InChI is InChI=1S/C11H23N3O/c1-9(2)13(4)8-11(15)14-6-5-12-10(3)7-14/h9-10,12H,5-8H2,1-4H3. The fraction of sp³-hybridized carbons (Fsp3) is 0.909. The molecule has 1 heterocycles. The number of piperazine rings is 1. The number of hydrogen-bond acceptors (Lipinski definition) is 3. The lowest BCUT2D eigenvalue weighted by Gasteiger charge is -2.33. The van der Waals surface area contributed by atoms with E-state index in [4.69, 9.17) is 0 Å². The zero-order chi connectivity index (χ0) is 11.4. The van der Waals surface area contributed by atoms with Crippen LogP contribution in [-0.4, -0.2) is 61.0 Å². The first-order chi connectivity index (χ1) is 7.00. The van der Waals surface area contributed by atoms with E-state index in [1.54, 1.807) is 0 Å². The third-order valence-electron chi connectivity index (χ3n) is 2.99.